The molecule has 154 valence electrons. The van der Waals surface area contributed by atoms with E-state index in [-0.39, 0.29) is 17.2 Å². The van der Waals surface area contributed by atoms with Gasteiger partial charge in [-0.25, -0.2) is 9.37 Å². The molecule has 0 fully saturated rings. The Hall–Kier alpha value is -3.26. The number of thiazole rings is 1. The summed E-state index contributed by atoms with van der Waals surface area (Å²) < 4.78 is 18.5. The number of nitrogens with one attached hydrogen (secondary N) is 1. The highest BCUT2D eigenvalue weighted by Gasteiger charge is 2.24. The fourth-order valence-corrected chi connectivity index (χ4v) is 4.16. The number of fused-ring (bicyclic) bond motifs is 1. The molecule has 30 heavy (non-hydrogen) atoms. The third-order valence-electron chi connectivity index (χ3n) is 5.01. The van der Waals surface area contributed by atoms with Crippen molar-refractivity contribution in [3.8, 4) is 17.0 Å². The van der Waals surface area contributed by atoms with E-state index in [2.05, 4.69) is 10.3 Å². The lowest BCUT2D eigenvalue weighted by Gasteiger charge is -2.16. The Morgan fingerprint density at radius 1 is 1.27 bits per heavy atom. The van der Waals surface area contributed by atoms with Crippen molar-refractivity contribution in [1.29, 1.82) is 0 Å². The molecule has 2 aromatic carbocycles. The molecule has 1 aromatic heterocycles. The Morgan fingerprint density at radius 3 is 2.87 bits per heavy atom. The number of aromatic nitrogens is 1. The van der Waals surface area contributed by atoms with Crippen molar-refractivity contribution in [3.05, 3.63) is 58.7 Å². The molecule has 3 aromatic rings. The number of carbonyl (C=O) groups excluding carboxylic acids is 2. The molecule has 1 aliphatic heterocycles. The molecule has 2 heterocycles. The summed E-state index contributed by atoms with van der Waals surface area (Å²) in [5, 5.41) is 5.05. The van der Waals surface area contributed by atoms with Crippen molar-refractivity contribution in [2.75, 3.05) is 23.9 Å². The average Bonchev–Trinajstić information content (AvgIpc) is 3.40. The van der Waals surface area contributed by atoms with Gasteiger partial charge in [-0.05, 0) is 42.3 Å². The van der Waals surface area contributed by atoms with Crippen LogP contribution in [-0.4, -0.2) is 30.5 Å². The first kappa shape index (κ1) is 20.0. The Morgan fingerprint density at radius 2 is 2.10 bits per heavy atom. The fourth-order valence-electron chi connectivity index (χ4n) is 3.45. The highest BCUT2D eigenvalue weighted by Crippen LogP contribution is 2.34. The molecule has 1 aliphatic rings. The van der Waals surface area contributed by atoms with Crippen molar-refractivity contribution < 1.29 is 18.7 Å². The van der Waals surface area contributed by atoms with Crippen LogP contribution >= 0.6 is 11.3 Å². The maximum Gasteiger partial charge on any atom is 0.257 e. The number of carbonyl (C=O) groups is 2. The first-order chi connectivity index (χ1) is 14.5. The molecule has 0 saturated carbocycles. The Balaban J connectivity index is 1.51. The first-order valence-corrected chi connectivity index (χ1v) is 10.4. The van der Waals surface area contributed by atoms with E-state index in [0.29, 0.717) is 18.1 Å². The van der Waals surface area contributed by atoms with Gasteiger partial charge in [-0.2, -0.15) is 0 Å². The van der Waals surface area contributed by atoms with Crippen LogP contribution in [0.5, 0.6) is 5.75 Å². The molecule has 2 amide bonds. The van der Waals surface area contributed by atoms with Gasteiger partial charge < -0.3 is 9.64 Å². The third kappa shape index (κ3) is 3.78. The predicted molar refractivity (Wildman–Crippen MR) is 115 cm³/mol. The summed E-state index contributed by atoms with van der Waals surface area (Å²) in [5.41, 5.74) is 4.03. The number of rotatable bonds is 5. The predicted octanol–water partition coefficient (Wildman–Crippen LogP) is 4.51. The molecule has 4 rings (SSSR count). The van der Waals surface area contributed by atoms with Gasteiger partial charge in [0.05, 0.1) is 12.8 Å². The number of benzene rings is 2. The number of halogens is 1. The van der Waals surface area contributed by atoms with Crippen LogP contribution in [0.3, 0.4) is 0 Å². The lowest BCUT2D eigenvalue weighted by Crippen LogP contribution is -2.27. The number of hydrogen-bond acceptors (Lipinski definition) is 5. The summed E-state index contributed by atoms with van der Waals surface area (Å²) in [4.78, 5) is 30.8. The number of anilines is 2. The summed E-state index contributed by atoms with van der Waals surface area (Å²) in [5.74, 6) is -0.785. The molecule has 6 nitrogen and oxygen atoms in total. The van der Waals surface area contributed by atoms with Gasteiger partial charge in [0.25, 0.3) is 5.91 Å². The second-order valence-electron chi connectivity index (χ2n) is 6.83. The first-order valence-electron chi connectivity index (χ1n) is 9.54. The molecule has 0 unspecified atom stereocenters. The highest BCUT2D eigenvalue weighted by molar-refractivity contribution is 7.14. The summed E-state index contributed by atoms with van der Waals surface area (Å²) in [6.07, 6.45) is 1.30. The van der Waals surface area contributed by atoms with Crippen LogP contribution in [0.1, 0.15) is 29.3 Å². The second kappa shape index (κ2) is 8.23. The van der Waals surface area contributed by atoms with Crippen LogP contribution in [0.15, 0.2) is 41.8 Å². The number of ether oxygens (including phenoxy) is 1. The molecule has 8 heteroatoms. The van der Waals surface area contributed by atoms with Crippen molar-refractivity contribution in [2.45, 2.75) is 19.8 Å². The van der Waals surface area contributed by atoms with Gasteiger partial charge >= 0.3 is 0 Å². The number of methoxy groups -OCH3 is 1. The van der Waals surface area contributed by atoms with E-state index in [1.54, 1.807) is 0 Å². The third-order valence-corrected chi connectivity index (χ3v) is 5.77. The van der Waals surface area contributed by atoms with Crippen LogP contribution in [-0.2, 0) is 11.2 Å². The van der Waals surface area contributed by atoms with Crippen LogP contribution in [0, 0.1) is 5.82 Å². The summed E-state index contributed by atoms with van der Waals surface area (Å²) in [6.45, 7) is 2.56. The smallest absolute Gasteiger partial charge is 0.257 e. The quantitative estimate of drug-likeness (QED) is 0.653. The van der Waals surface area contributed by atoms with Crippen LogP contribution in [0.2, 0.25) is 0 Å². The van der Waals surface area contributed by atoms with Gasteiger partial charge in [-0.15, -0.1) is 11.3 Å². The normalized spacial score (nSPS) is 12.6. The molecule has 0 atom stereocenters. The SMILES string of the molecule is CCC(=O)N1CCc2cc(-c3csc(NC(=O)c4ccc(F)c(OC)c4)n3)ccc21. The molecular formula is C22H20FN3O3S. The summed E-state index contributed by atoms with van der Waals surface area (Å²) >= 11 is 1.31. The van der Waals surface area contributed by atoms with Gasteiger partial charge in [0, 0.05) is 35.2 Å². The van der Waals surface area contributed by atoms with E-state index in [9.17, 15) is 14.0 Å². The van der Waals surface area contributed by atoms with E-state index in [4.69, 9.17) is 4.74 Å². The van der Waals surface area contributed by atoms with Gasteiger partial charge in [0.15, 0.2) is 16.7 Å². The van der Waals surface area contributed by atoms with E-state index in [1.165, 1.54) is 36.6 Å². The maximum absolute atomic E-state index is 13.5. The van der Waals surface area contributed by atoms with Gasteiger partial charge in [-0.1, -0.05) is 13.0 Å². The molecule has 0 spiro atoms. The van der Waals surface area contributed by atoms with Crippen molar-refractivity contribution in [3.63, 3.8) is 0 Å². The zero-order valence-electron chi connectivity index (χ0n) is 16.6. The Bertz CT molecular complexity index is 1130. The van der Waals surface area contributed by atoms with Crippen molar-refractivity contribution in [1.82, 2.24) is 4.98 Å². The van der Waals surface area contributed by atoms with E-state index in [1.807, 2.05) is 35.4 Å². The number of nitrogens with zero attached hydrogens (tertiary/aromatic N) is 2. The molecule has 0 aliphatic carbocycles. The minimum atomic E-state index is -0.526. The van der Waals surface area contributed by atoms with E-state index >= 15 is 0 Å². The molecule has 0 radical (unpaired) electrons. The van der Waals surface area contributed by atoms with Crippen LogP contribution < -0.4 is 15.0 Å². The molecule has 0 saturated heterocycles. The topological polar surface area (TPSA) is 71.5 Å². The summed E-state index contributed by atoms with van der Waals surface area (Å²) in [6, 6.07) is 9.87. The fraction of sp³-hybridized carbons (Fsp3) is 0.227. The maximum atomic E-state index is 13.5. The minimum absolute atomic E-state index is 0.0104. The van der Waals surface area contributed by atoms with Crippen LogP contribution in [0.25, 0.3) is 11.3 Å². The monoisotopic (exact) mass is 425 g/mol. The summed E-state index contributed by atoms with van der Waals surface area (Å²) in [7, 11) is 1.35. The lowest BCUT2D eigenvalue weighted by atomic mass is 10.1. The molecule has 1 N–H and O–H groups in total. The van der Waals surface area contributed by atoms with Crippen molar-refractivity contribution >= 4 is 34.0 Å². The average molecular weight is 425 g/mol. The largest absolute Gasteiger partial charge is 0.494 e. The van der Waals surface area contributed by atoms with Gasteiger partial charge in [0.2, 0.25) is 5.91 Å². The molecular weight excluding hydrogens is 405 g/mol. The van der Waals surface area contributed by atoms with Crippen molar-refractivity contribution in [2.24, 2.45) is 0 Å². The highest BCUT2D eigenvalue weighted by atomic mass is 32.1. The lowest BCUT2D eigenvalue weighted by molar-refractivity contribution is -0.118. The van der Waals surface area contributed by atoms with E-state index < -0.39 is 11.7 Å². The van der Waals surface area contributed by atoms with Gasteiger partial charge in [-0.3, -0.25) is 14.9 Å². The Labute approximate surface area is 177 Å². The number of amides is 2. The zero-order chi connectivity index (χ0) is 21.3. The standard InChI is InChI=1S/C22H20FN3O3S/c1-3-20(27)26-9-8-14-10-13(5-7-18(14)26)17-12-30-22(24-17)25-21(28)15-4-6-16(23)19(11-15)29-2/h4-7,10-12H,3,8-9H2,1-2H3,(H,24,25,28). The molecule has 0 bridgehead atoms. The Kier molecular flexibility index (Phi) is 5.50. The minimum Gasteiger partial charge on any atom is -0.494 e. The van der Waals surface area contributed by atoms with Gasteiger partial charge in [0.1, 0.15) is 0 Å². The number of hydrogen-bond donors (Lipinski definition) is 1. The van der Waals surface area contributed by atoms with E-state index in [0.717, 1.165) is 28.9 Å². The second-order valence-corrected chi connectivity index (χ2v) is 7.69. The van der Waals surface area contributed by atoms with Crippen LogP contribution in [0.4, 0.5) is 15.2 Å². The zero-order valence-corrected chi connectivity index (χ0v) is 17.4.